The average Bonchev–Trinajstić information content (AvgIpc) is 3.53. The van der Waals surface area contributed by atoms with E-state index < -0.39 is 0 Å². The van der Waals surface area contributed by atoms with Crippen LogP contribution in [0.5, 0.6) is 0 Å². The lowest BCUT2D eigenvalue weighted by Crippen LogP contribution is -1.94. The fourth-order valence-corrected chi connectivity index (χ4v) is 6.95. The molecule has 0 spiro atoms. The van der Waals surface area contributed by atoms with Crippen molar-refractivity contribution in [3.05, 3.63) is 121 Å². The molecule has 39 heavy (non-hydrogen) atoms. The summed E-state index contributed by atoms with van der Waals surface area (Å²) in [5.41, 5.74) is 8.23. The van der Waals surface area contributed by atoms with Crippen LogP contribution < -0.4 is 0 Å². The number of hydrogen-bond acceptors (Lipinski definition) is 4. The Morgan fingerprint density at radius 1 is 0.641 bits per heavy atom. The molecular weight excluding hydrogens is 496 g/mol. The van der Waals surface area contributed by atoms with Gasteiger partial charge in [0, 0.05) is 42.2 Å². The van der Waals surface area contributed by atoms with Crippen molar-refractivity contribution in [3.63, 3.8) is 0 Å². The molecule has 184 valence electrons. The Hall–Kier alpha value is -4.87. The van der Waals surface area contributed by atoms with Crippen molar-refractivity contribution in [1.29, 1.82) is 0 Å². The van der Waals surface area contributed by atoms with Gasteiger partial charge in [0.25, 0.3) is 0 Å². The van der Waals surface area contributed by atoms with Gasteiger partial charge in [-0.05, 0) is 66.1 Å². The minimum atomic E-state index is 0.688. The highest BCUT2D eigenvalue weighted by Crippen LogP contribution is 2.43. The van der Waals surface area contributed by atoms with Gasteiger partial charge in [-0.3, -0.25) is 0 Å². The normalized spacial score (nSPS) is 11.7. The van der Waals surface area contributed by atoms with Crippen molar-refractivity contribution >= 4 is 53.3 Å². The zero-order valence-corrected chi connectivity index (χ0v) is 22.0. The van der Waals surface area contributed by atoms with Crippen molar-refractivity contribution in [2.24, 2.45) is 0 Å². The van der Waals surface area contributed by atoms with Crippen molar-refractivity contribution in [2.45, 2.75) is 6.92 Å². The third-order valence-corrected chi connectivity index (χ3v) is 8.71. The number of thiophene rings is 1. The first kappa shape index (κ1) is 22.1. The Bertz CT molecular complexity index is 2180. The van der Waals surface area contributed by atoms with E-state index in [0.29, 0.717) is 5.82 Å². The predicted molar refractivity (Wildman–Crippen MR) is 163 cm³/mol. The van der Waals surface area contributed by atoms with Crippen molar-refractivity contribution in [1.82, 2.24) is 19.5 Å². The highest BCUT2D eigenvalue weighted by molar-refractivity contribution is 7.26. The summed E-state index contributed by atoms with van der Waals surface area (Å²) in [6, 6.07) is 37.3. The van der Waals surface area contributed by atoms with Crippen LogP contribution in [0.15, 0.2) is 116 Å². The molecule has 5 aromatic carbocycles. The van der Waals surface area contributed by atoms with Gasteiger partial charge in [-0.2, -0.15) is 0 Å². The molecule has 0 atom stereocenters. The molecule has 0 aliphatic rings. The third-order valence-electron chi connectivity index (χ3n) is 7.57. The molecule has 0 amide bonds. The fourth-order valence-electron chi connectivity index (χ4n) is 5.84. The standard InChI is InChI=1S/C34H22N4S/c1-21-17-23(34-36-19-35-20-37-34)11-13-25(21)22-12-15-29-28(18-22)26-14-16-31-32(27-9-5-6-10-30(27)39-31)33(26)38(29)24-7-3-2-4-8-24/h2-20H,1H3. The Morgan fingerprint density at radius 3 is 2.28 bits per heavy atom. The molecule has 8 aromatic rings. The van der Waals surface area contributed by atoms with E-state index in [-0.39, 0.29) is 0 Å². The van der Waals surface area contributed by atoms with Gasteiger partial charge in [-0.1, -0.05) is 60.7 Å². The van der Waals surface area contributed by atoms with E-state index in [9.17, 15) is 0 Å². The van der Waals surface area contributed by atoms with Crippen LogP contribution in [0.4, 0.5) is 0 Å². The first-order valence-electron chi connectivity index (χ1n) is 12.9. The second-order valence-electron chi connectivity index (χ2n) is 9.83. The molecule has 5 heteroatoms. The largest absolute Gasteiger partial charge is 0.309 e. The SMILES string of the molecule is Cc1cc(-c2ncncn2)ccc1-c1ccc2c(c1)c1ccc3sc4ccccc4c3c1n2-c1ccccc1. The number of aryl methyl sites for hydroxylation is 1. The maximum absolute atomic E-state index is 4.32. The number of aromatic nitrogens is 4. The van der Waals surface area contributed by atoms with Crippen LogP contribution in [0.25, 0.3) is 70.2 Å². The first-order chi connectivity index (χ1) is 19.3. The Labute approximate surface area is 228 Å². The number of fused-ring (bicyclic) bond motifs is 7. The molecule has 0 aliphatic carbocycles. The molecule has 0 unspecified atom stereocenters. The second kappa shape index (κ2) is 8.58. The van der Waals surface area contributed by atoms with Gasteiger partial charge in [0.15, 0.2) is 5.82 Å². The highest BCUT2D eigenvalue weighted by Gasteiger charge is 2.19. The van der Waals surface area contributed by atoms with Crippen molar-refractivity contribution in [2.75, 3.05) is 0 Å². The highest BCUT2D eigenvalue weighted by atomic mass is 32.1. The van der Waals surface area contributed by atoms with E-state index in [1.165, 1.54) is 77.0 Å². The van der Waals surface area contributed by atoms with E-state index in [1.807, 2.05) is 11.3 Å². The molecule has 0 saturated carbocycles. The number of para-hydroxylation sites is 1. The number of nitrogens with zero attached hydrogens (tertiary/aromatic N) is 4. The first-order valence-corrected chi connectivity index (χ1v) is 13.8. The second-order valence-corrected chi connectivity index (χ2v) is 10.9. The van der Waals surface area contributed by atoms with E-state index in [0.717, 1.165) is 5.56 Å². The minimum Gasteiger partial charge on any atom is -0.309 e. The van der Waals surface area contributed by atoms with Gasteiger partial charge in [-0.15, -0.1) is 11.3 Å². The van der Waals surface area contributed by atoms with Gasteiger partial charge < -0.3 is 4.57 Å². The molecule has 0 bridgehead atoms. The molecule has 0 aliphatic heterocycles. The molecule has 4 nitrogen and oxygen atoms in total. The zero-order valence-electron chi connectivity index (χ0n) is 21.2. The number of rotatable bonds is 3. The van der Waals surface area contributed by atoms with Crippen LogP contribution in [-0.4, -0.2) is 19.5 Å². The maximum atomic E-state index is 4.32. The van der Waals surface area contributed by atoms with Crippen LogP contribution in [0.1, 0.15) is 5.56 Å². The summed E-state index contributed by atoms with van der Waals surface area (Å²) < 4.78 is 5.07. The quantitative estimate of drug-likeness (QED) is 0.234. The van der Waals surface area contributed by atoms with Crippen molar-refractivity contribution < 1.29 is 0 Å². The summed E-state index contributed by atoms with van der Waals surface area (Å²) in [5.74, 6) is 0.688. The summed E-state index contributed by atoms with van der Waals surface area (Å²) in [6.45, 7) is 2.15. The molecule has 0 radical (unpaired) electrons. The zero-order chi connectivity index (χ0) is 25.9. The molecule has 0 N–H and O–H groups in total. The van der Waals surface area contributed by atoms with Gasteiger partial charge in [0.1, 0.15) is 12.7 Å². The minimum absolute atomic E-state index is 0.688. The molecule has 3 aromatic heterocycles. The Kier molecular flexibility index (Phi) is 4.87. The molecule has 8 rings (SSSR count). The average molecular weight is 519 g/mol. The topological polar surface area (TPSA) is 43.6 Å². The number of benzene rings is 5. The van der Waals surface area contributed by atoms with Crippen molar-refractivity contribution in [3.8, 4) is 28.2 Å². The summed E-state index contributed by atoms with van der Waals surface area (Å²) >= 11 is 1.86. The lowest BCUT2D eigenvalue weighted by molar-refractivity contribution is 1.06. The van der Waals surface area contributed by atoms with Gasteiger partial charge >= 0.3 is 0 Å². The van der Waals surface area contributed by atoms with Crippen LogP contribution in [0, 0.1) is 6.92 Å². The fraction of sp³-hybridized carbons (Fsp3) is 0.0294. The summed E-state index contributed by atoms with van der Waals surface area (Å²) in [7, 11) is 0. The lowest BCUT2D eigenvalue weighted by Gasteiger charge is -2.10. The predicted octanol–water partition coefficient (Wildman–Crippen LogP) is 8.98. The van der Waals surface area contributed by atoms with E-state index in [1.54, 1.807) is 0 Å². The third kappa shape index (κ3) is 3.40. The molecule has 3 heterocycles. The summed E-state index contributed by atoms with van der Waals surface area (Å²) in [6.07, 6.45) is 3.07. The van der Waals surface area contributed by atoms with Gasteiger partial charge in [0.05, 0.1) is 11.0 Å². The summed E-state index contributed by atoms with van der Waals surface area (Å²) in [4.78, 5) is 12.6. The van der Waals surface area contributed by atoms with E-state index >= 15 is 0 Å². The Morgan fingerprint density at radius 2 is 1.44 bits per heavy atom. The Balaban J connectivity index is 1.41. The monoisotopic (exact) mass is 518 g/mol. The molecule has 0 fully saturated rings. The van der Waals surface area contributed by atoms with Crippen LogP contribution in [0.3, 0.4) is 0 Å². The maximum Gasteiger partial charge on any atom is 0.162 e. The smallest absolute Gasteiger partial charge is 0.162 e. The summed E-state index contributed by atoms with van der Waals surface area (Å²) in [5, 5.41) is 5.16. The lowest BCUT2D eigenvalue weighted by atomic mass is 9.96. The molecule has 0 saturated heterocycles. The van der Waals surface area contributed by atoms with Crippen LogP contribution in [-0.2, 0) is 0 Å². The van der Waals surface area contributed by atoms with Gasteiger partial charge in [-0.25, -0.2) is 15.0 Å². The van der Waals surface area contributed by atoms with Crippen LogP contribution >= 0.6 is 11.3 Å². The van der Waals surface area contributed by atoms with E-state index in [2.05, 4.69) is 130 Å². The molecular formula is C34H22N4S. The van der Waals surface area contributed by atoms with E-state index in [4.69, 9.17) is 0 Å². The van der Waals surface area contributed by atoms with Gasteiger partial charge in [0.2, 0.25) is 0 Å². The number of hydrogen-bond donors (Lipinski definition) is 0. The van der Waals surface area contributed by atoms with Crippen LogP contribution in [0.2, 0.25) is 0 Å².